The minimum absolute atomic E-state index is 0. The Morgan fingerprint density at radius 3 is 2.90 bits per heavy atom. The lowest BCUT2D eigenvalue weighted by molar-refractivity contribution is 0.339. The lowest BCUT2D eigenvalue weighted by Gasteiger charge is -2.12. The van der Waals surface area contributed by atoms with E-state index in [-0.39, 0.29) is 23.3 Å². The minimum atomic E-state index is -3.46. The van der Waals surface area contributed by atoms with E-state index in [1.807, 2.05) is 6.92 Å². The summed E-state index contributed by atoms with van der Waals surface area (Å²) in [6, 6.07) is 6.81. The monoisotopic (exact) mass is 320 g/mol. The van der Waals surface area contributed by atoms with Crippen molar-refractivity contribution >= 4 is 22.4 Å². The quantitative estimate of drug-likeness (QED) is 0.834. The molecule has 2 rings (SSSR count). The van der Waals surface area contributed by atoms with Crippen molar-refractivity contribution in [3.63, 3.8) is 0 Å². The second-order valence-corrected chi connectivity index (χ2v) is 6.32. The van der Waals surface area contributed by atoms with Crippen molar-refractivity contribution in [1.29, 1.82) is 0 Å². The van der Waals surface area contributed by atoms with E-state index in [9.17, 15) is 8.42 Å². The number of hydrogen-bond donors (Lipinski definition) is 2. The molecule has 1 fully saturated rings. The normalized spacial score (nSPS) is 18.6. The molecule has 0 radical (unpaired) electrons. The van der Waals surface area contributed by atoms with Crippen LogP contribution in [0.25, 0.3) is 0 Å². The fourth-order valence-electron chi connectivity index (χ4n) is 2.12. The number of nitrogens with one attached hydrogen (secondary N) is 2. The Morgan fingerprint density at radius 1 is 1.45 bits per heavy atom. The van der Waals surface area contributed by atoms with Crippen LogP contribution in [0.15, 0.2) is 29.2 Å². The zero-order valence-corrected chi connectivity index (χ0v) is 13.1. The van der Waals surface area contributed by atoms with Gasteiger partial charge in [-0.1, -0.05) is 6.07 Å². The molecule has 0 spiro atoms. The van der Waals surface area contributed by atoms with Crippen molar-refractivity contribution in [1.82, 2.24) is 10.0 Å². The Bertz CT molecular complexity index is 516. The summed E-state index contributed by atoms with van der Waals surface area (Å²) in [6.45, 7) is 3.78. The molecule has 0 aliphatic carbocycles. The molecule has 1 aliphatic rings. The summed E-state index contributed by atoms with van der Waals surface area (Å²) in [5, 5.41) is 3.26. The summed E-state index contributed by atoms with van der Waals surface area (Å²) < 4.78 is 32.3. The van der Waals surface area contributed by atoms with E-state index in [1.165, 1.54) is 0 Å². The largest absolute Gasteiger partial charge is 0.494 e. The van der Waals surface area contributed by atoms with Gasteiger partial charge in [-0.15, -0.1) is 12.4 Å². The first-order chi connectivity index (χ1) is 9.12. The summed E-state index contributed by atoms with van der Waals surface area (Å²) in [5.74, 6) is 0.573. The van der Waals surface area contributed by atoms with Crippen LogP contribution in [0, 0.1) is 0 Å². The van der Waals surface area contributed by atoms with E-state index >= 15 is 0 Å². The predicted octanol–water partition coefficient (Wildman–Crippen LogP) is 1.54. The fourth-order valence-corrected chi connectivity index (χ4v) is 3.24. The standard InChI is InChI=1S/C13H20N2O3S.ClH/c1-2-18-12-6-3-7-13(9-12)19(16,17)15-10-11-5-4-8-14-11;/h3,6-7,9,11,14-15H,2,4-5,8,10H2,1H3;1H. The molecule has 0 bridgehead atoms. The Morgan fingerprint density at radius 2 is 2.25 bits per heavy atom. The number of benzene rings is 1. The molecule has 1 aliphatic heterocycles. The lowest BCUT2D eigenvalue weighted by Crippen LogP contribution is -2.37. The van der Waals surface area contributed by atoms with Crippen molar-refractivity contribution in [2.45, 2.75) is 30.7 Å². The first kappa shape index (κ1) is 17.2. The molecule has 1 heterocycles. The summed E-state index contributed by atoms with van der Waals surface area (Å²) in [7, 11) is -3.46. The molecule has 114 valence electrons. The van der Waals surface area contributed by atoms with E-state index in [0.717, 1.165) is 19.4 Å². The average molecular weight is 321 g/mol. The molecule has 0 amide bonds. The van der Waals surface area contributed by atoms with Gasteiger partial charge in [-0.3, -0.25) is 0 Å². The van der Waals surface area contributed by atoms with Crippen LogP contribution >= 0.6 is 12.4 Å². The van der Waals surface area contributed by atoms with Gasteiger partial charge >= 0.3 is 0 Å². The molecule has 1 atom stereocenters. The Balaban J connectivity index is 0.00000200. The van der Waals surface area contributed by atoms with E-state index in [2.05, 4.69) is 10.0 Å². The second kappa shape index (κ2) is 7.83. The molecule has 2 N–H and O–H groups in total. The van der Waals surface area contributed by atoms with E-state index in [0.29, 0.717) is 18.9 Å². The maximum Gasteiger partial charge on any atom is 0.240 e. The Hall–Kier alpha value is -0.820. The highest BCUT2D eigenvalue weighted by Crippen LogP contribution is 2.17. The summed E-state index contributed by atoms with van der Waals surface area (Å²) >= 11 is 0. The van der Waals surface area contributed by atoms with Gasteiger partial charge in [0.25, 0.3) is 0 Å². The van der Waals surface area contributed by atoms with Crippen LogP contribution in [0.4, 0.5) is 0 Å². The predicted molar refractivity (Wildman–Crippen MR) is 81.1 cm³/mol. The molecular weight excluding hydrogens is 300 g/mol. The smallest absolute Gasteiger partial charge is 0.240 e. The van der Waals surface area contributed by atoms with Crippen LogP contribution in [-0.4, -0.2) is 34.2 Å². The van der Waals surface area contributed by atoms with Gasteiger partial charge < -0.3 is 10.1 Å². The highest BCUT2D eigenvalue weighted by atomic mass is 35.5. The molecule has 1 aromatic rings. The van der Waals surface area contributed by atoms with Crippen LogP contribution in [0.2, 0.25) is 0 Å². The summed E-state index contributed by atoms with van der Waals surface area (Å²) in [4.78, 5) is 0.247. The van der Waals surface area contributed by atoms with Gasteiger partial charge in [0.05, 0.1) is 11.5 Å². The van der Waals surface area contributed by atoms with E-state index in [4.69, 9.17) is 4.74 Å². The van der Waals surface area contributed by atoms with Gasteiger partial charge in [0.1, 0.15) is 5.75 Å². The summed E-state index contributed by atoms with van der Waals surface area (Å²) in [5.41, 5.74) is 0. The zero-order chi connectivity index (χ0) is 13.7. The van der Waals surface area contributed by atoms with Crippen LogP contribution in [0.1, 0.15) is 19.8 Å². The van der Waals surface area contributed by atoms with E-state index in [1.54, 1.807) is 24.3 Å². The number of halogens is 1. The topological polar surface area (TPSA) is 67.4 Å². The first-order valence-electron chi connectivity index (χ1n) is 6.58. The van der Waals surface area contributed by atoms with Crippen LogP contribution in [0.5, 0.6) is 5.75 Å². The Kier molecular flexibility index (Phi) is 6.75. The third kappa shape index (κ3) is 4.63. The van der Waals surface area contributed by atoms with Gasteiger partial charge in [-0.25, -0.2) is 13.1 Å². The van der Waals surface area contributed by atoms with Gasteiger partial charge in [-0.2, -0.15) is 0 Å². The van der Waals surface area contributed by atoms with Gasteiger partial charge in [-0.05, 0) is 38.4 Å². The SMILES string of the molecule is CCOc1cccc(S(=O)(=O)NCC2CCCN2)c1.Cl. The molecule has 0 saturated carbocycles. The van der Waals surface area contributed by atoms with Crippen LogP contribution in [-0.2, 0) is 10.0 Å². The maximum atomic E-state index is 12.2. The molecule has 1 saturated heterocycles. The fraction of sp³-hybridized carbons (Fsp3) is 0.538. The minimum Gasteiger partial charge on any atom is -0.494 e. The highest BCUT2D eigenvalue weighted by Gasteiger charge is 2.19. The maximum absolute atomic E-state index is 12.2. The van der Waals surface area contributed by atoms with Gasteiger partial charge in [0.15, 0.2) is 0 Å². The number of rotatable bonds is 6. The van der Waals surface area contributed by atoms with E-state index < -0.39 is 10.0 Å². The third-order valence-corrected chi connectivity index (χ3v) is 4.53. The second-order valence-electron chi connectivity index (χ2n) is 4.55. The number of hydrogen-bond acceptors (Lipinski definition) is 4. The zero-order valence-electron chi connectivity index (χ0n) is 11.5. The Labute approximate surface area is 126 Å². The van der Waals surface area contributed by atoms with Crippen molar-refractivity contribution < 1.29 is 13.2 Å². The third-order valence-electron chi connectivity index (χ3n) is 3.11. The molecular formula is C13H21ClN2O3S. The van der Waals surface area contributed by atoms with Crippen LogP contribution in [0.3, 0.4) is 0 Å². The summed E-state index contributed by atoms with van der Waals surface area (Å²) in [6.07, 6.45) is 2.12. The first-order valence-corrected chi connectivity index (χ1v) is 8.06. The van der Waals surface area contributed by atoms with Gasteiger partial charge in [0.2, 0.25) is 10.0 Å². The highest BCUT2D eigenvalue weighted by molar-refractivity contribution is 7.89. The molecule has 20 heavy (non-hydrogen) atoms. The number of ether oxygens (including phenoxy) is 1. The molecule has 1 unspecified atom stereocenters. The van der Waals surface area contributed by atoms with Crippen molar-refractivity contribution in [2.24, 2.45) is 0 Å². The molecule has 7 heteroatoms. The lowest BCUT2D eigenvalue weighted by atomic mass is 10.2. The molecule has 1 aromatic carbocycles. The average Bonchev–Trinajstić information content (AvgIpc) is 2.90. The molecule has 0 aromatic heterocycles. The molecule has 5 nitrogen and oxygen atoms in total. The van der Waals surface area contributed by atoms with Crippen molar-refractivity contribution in [3.8, 4) is 5.75 Å². The number of sulfonamides is 1. The van der Waals surface area contributed by atoms with Crippen LogP contribution < -0.4 is 14.8 Å². The van der Waals surface area contributed by atoms with Crippen molar-refractivity contribution in [3.05, 3.63) is 24.3 Å². The van der Waals surface area contributed by atoms with Gasteiger partial charge in [0, 0.05) is 18.7 Å². The van der Waals surface area contributed by atoms with Crippen molar-refractivity contribution in [2.75, 3.05) is 19.7 Å².